The predicted octanol–water partition coefficient (Wildman–Crippen LogP) is 1.81. The fourth-order valence-corrected chi connectivity index (χ4v) is 1.07. The molecule has 0 aromatic rings. The van der Waals surface area contributed by atoms with Crippen LogP contribution in [0.5, 0.6) is 0 Å². The molecule has 4 heteroatoms. The summed E-state index contributed by atoms with van der Waals surface area (Å²) in [4.78, 5) is 11.7. The van der Waals surface area contributed by atoms with Crippen LogP contribution in [0.15, 0.2) is 0 Å². The maximum atomic E-state index is 11.7. The third kappa shape index (κ3) is 5.02. The van der Waals surface area contributed by atoms with Crippen molar-refractivity contribution in [1.82, 2.24) is 5.32 Å². The third-order valence-electron chi connectivity index (χ3n) is 1.65. The lowest BCUT2D eigenvalue weighted by atomic mass is 9.93. The van der Waals surface area contributed by atoms with E-state index in [1.54, 1.807) is 20.8 Å². The number of carbonyl (C=O) groups excluding carboxylic acids is 1. The first-order chi connectivity index (χ1) is 8.70. The Kier molecular flexibility index (Phi) is 2.17. The Morgan fingerprint density at radius 3 is 2.53 bits per heavy atom. The number of amides is 1. The number of ether oxygens (including phenoxy) is 1. The van der Waals surface area contributed by atoms with Crippen molar-refractivity contribution in [3.8, 4) is 0 Å². The van der Waals surface area contributed by atoms with E-state index in [1.165, 1.54) is 0 Å². The van der Waals surface area contributed by atoms with Gasteiger partial charge in [0.15, 0.2) is 0 Å². The molecule has 2 N–H and O–H groups in total. The van der Waals surface area contributed by atoms with Crippen molar-refractivity contribution < 1.29 is 21.5 Å². The summed E-state index contributed by atoms with van der Waals surface area (Å²) in [6.45, 7) is 4.82. The number of nitrogens with one attached hydrogen (secondary N) is 1. The third-order valence-corrected chi connectivity index (χ3v) is 1.65. The molecule has 1 fully saturated rings. The molecule has 0 spiro atoms. The van der Waals surface area contributed by atoms with E-state index in [-0.39, 0.29) is 0 Å². The lowest BCUT2D eigenvalue weighted by Crippen LogP contribution is -2.41. The molecule has 1 aliphatic rings. The maximum Gasteiger partial charge on any atom is 0.407 e. The van der Waals surface area contributed by atoms with Crippen LogP contribution in [0, 0.1) is 0 Å². The van der Waals surface area contributed by atoms with Crippen LogP contribution in [0.1, 0.15) is 53.2 Å². The smallest absolute Gasteiger partial charge is 0.407 e. The summed E-state index contributed by atoms with van der Waals surface area (Å²) in [5, 5.41) is 11.5. The Morgan fingerprint density at radius 2 is 2.07 bits per heavy atom. The molecule has 1 rings (SSSR count). The summed E-state index contributed by atoms with van der Waals surface area (Å²) in [5.41, 5.74) is -0.839. The van der Waals surface area contributed by atoms with Crippen molar-refractivity contribution >= 4 is 6.09 Å². The zero-order valence-electron chi connectivity index (χ0n) is 14.3. The molecule has 0 aromatic carbocycles. The van der Waals surface area contributed by atoms with Crippen LogP contribution in [0.25, 0.3) is 0 Å². The molecule has 1 amide bonds. The standard InChI is InChI=1S/C11H21NO3/c1-11(2,3)15-10(14)12-8-4-6-9(13)7-5-8/h8-9,13H,4-7H2,1-3H3,(H,12,14)/i4D2,5D2,8D. The van der Waals surface area contributed by atoms with Gasteiger partial charge >= 0.3 is 6.09 Å². The van der Waals surface area contributed by atoms with E-state index in [1.807, 2.05) is 5.32 Å². The van der Waals surface area contributed by atoms with E-state index < -0.39 is 49.4 Å². The lowest BCUT2D eigenvalue weighted by molar-refractivity contribution is 0.0461. The van der Waals surface area contributed by atoms with Crippen LogP contribution < -0.4 is 5.32 Å². The van der Waals surface area contributed by atoms with E-state index in [4.69, 9.17) is 11.6 Å². The molecule has 0 saturated heterocycles. The number of hydrogen-bond acceptors (Lipinski definition) is 3. The normalized spacial score (nSPS) is 43.7. The second-order valence-electron chi connectivity index (χ2n) is 4.42. The highest BCUT2D eigenvalue weighted by atomic mass is 16.6. The first kappa shape index (κ1) is 6.74. The number of rotatable bonds is 1. The predicted molar refractivity (Wildman–Crippen MR) is 57.6 cm³/mol. The molecular weight excluding hydrogens is 194 g/mol. The van der Waals surface area contributed by atoms with Crippen molar-refractivity contribution in [2.24, 2.45) is 0 Å². The highest BCUT2D eigenvalue weighted by Crippen LogP contribution is 2.18. The van der Waals surface area contributed by atoms with Gasteiger partial charge in [-0.3, -0.25) is 0 Å². The molecule has 4 nitrogen and oxygen atoms in total. The lowest BCUT2D eigenvalue weighted by Gasteiger charge is -2.27. The van der Waals surface area contributed by atoms with Gasteiger partial charge in [0.1, 0.15) is 5.60 Å². The maximum absolute atomic E-state index is 11.7. The van der Waals surface area contributed by atoms with E-state index in [2.05, 4.69) is 0 Å². The molecule has 1 aliphatic carbocycles. The topological polar surface area (TPSA) is 58.6 Å². The minimum Gasteiger partial charge on any atom is -0.444 e. The first-order valence-electron chi connectivity index (χ1n) is 7.39. The molecule has 0 atom stereocenters. The molecular formula is C11H21NO3. The summed E-state index contributed by atoms with van der Waals surface area (Å²) in [6, 6.07) is -2.53. The Bertz CT molecular complexity index is 376. The van der Waals surface area contributed by atoms with Gasteiger partial charge in [-0.05, 0) is 46.4 Å². The Hall–Kier alpha value is -0.770. The van der Waals surface area contributed by atoms with Gasteiger partial charge in [0.2, 0.25) is 0 Å². The van der Waals surface area contributed by atoms with Gasteiger partial charge in [0.05, 0.1) is 7.47 Å². The van der Waals surface area contributed by atoms with Crippen molar-refractivity contribution in [3.05, 3.63) is 0 Å². The van der Waals surface area contributed by atoms with E-state index in [9.17, 15) is 9.90 Å². The molecule has 0 unspecified atom stereocenters. The summed E-state index contributed by atoms with van der Waals surface area (Å²) >= 11 is 0. The molecule has 0 aromatic heterocycles. The van der Waals surface area contributed by atoms with E-state index in [0.717, 1.165) is 0 Å². The fourth-order valence-electron chi connectivity index (χ4n) is 1.07. The summed E-state index contributed by atoms with van der Waals surface area (Å²) < 4.78 is 44.2. The van der Waals surface area contributed by atoms with Gasteiger partial charge < -0.3 is 15.2 Å². The van der Waals surface area contributed by atoms with Crippen LogP contribution in [0.3, 0.4) is 0 Å². The van der Waals surface area contributed by atoms with E-state index in [0.29, 0.717) is 0 Å². The Morgan fingerprint density at radius 1 is 1.53 bits per heavy atom. The summed E-state index contributed by atoms with van der Waals surface area (Å²) in [7, 11) is 0. The largest absolute Gasteiger partial charge is 0.444 e. The number of aliphatic hydroxyl groups is 1. The van der Waals surface area contributed by atoms with E-state index >= 15 is 0 Å². The Balaban J connectivity index is 3.01. The highest BCUT2D eigenvalue weighted by molar-refractivity contribution is 5.68. The van der Waals surface area contributed by atoms with Gasteiger partial charge in [0.25, 0.3) is 0 Å². The second-order valence-corrected chi connectivity index (χ2v) is 4.42. The van der Waals surface area contributed by atoms with Gasteiger partial charge in [0, 0.05) is 11.5 Å². The van der Waals surface area contributed by atoms with Gasteiger partial charge in [-0.15, -0.1) is 0 Å². The molecule has 0 aliphatic heterocycles. The second kappa shape index (κ2) is 4.84. The summed E-state index contributed by atoms with van der Waals surface area (Å²) in [5.74, 6) is 0. The SMILES string of the molecule is [2H]C1([2H])CC(O)CC([2H])([2H])C1([2H])NC(=O)OC(C)(C)C. The van der Waals surface area contributed by atoms with Crippen molar-refractivity contribution in [1.29, 1.82) is 0 Å². The van der Waals surface area contributed by atoms with Crippen LogP contribution in [0.2, 0.25) is 0 Å². The van der Waals surface area contributed by atoms with Crippen LogP contribution in [-0.4, -0.2) is 28.9 Å². The average molecular weight is 220 g/mol. The average Bonchev–Trinajstić information content (AvgIpc) is 2.08. The minimum atomic E-state index is -2.53. The summed E-state index contributed by atoms with van der Waals surface area (Å²) in [6.07, 6.45) is -7.95. The van der Waals surface area contributed by atoms with Crippen LogP contribution in [0.4, 0.5) is 4.79 Å². The molecule has 0 bridgehead atoms. The number of carbonyl (C=O) groups is 1. The zero-order chi connectivity index (χ0) is 16.0. The van der Waals surface area contributed by atoms with Gasteiger partial charge in [-0.25, -0.2) is 4.79 Å². The van der Waals surface area contributed by atoms with Crippen LogP contribution in [-0.2, 0) is 4.74 Å². The Labute approximate surface area is 98.0 Å². The highest BCUT2D eigenvalue weighted by Gasteiger charge is 2.23. The van der Waals surface area contributed by atoms with Crippen molar-refractivity contribution in [2.45, 2.75) is 64.1 Å². The first-order valence-corrected chi connectivity index (χ1v) is 4.89. The van der Waals surface area contributed by atoms with Gasteiger partial charge in [-0.1, -0.05) is 0 Å². The monoisotopic (exact) mass is 220 g/mol. The number of hydrogen-bond donors (Lipinski definition) is 2. The number of alkyl carbamates (subject to hydrolysis) is 1. The molecule has 88 valence electrons. The zero-order valence-corrected chi connectivity index (χ0v) is 9.26. The van der Waals surface area contributed by atoms with Crippen molar-refractivity contribution in [2.75, 3.05) is 0 Å². The fraction of sp³-hybridized carbons (Fsp3) is 0.909. The molecule has 15 heavy (non-hydrogen) atoms. The molecule has 1 saturated carbocycles. The molecule has 0 heterocycles. The quantitative estimate of drug-likeness (QED) is 0.708. The number of aliphatic hydroxyl groups excluding tert-OH is 1. The van der Waals surface area contributed by atoms with Gasteiger partial charge in [-0.2, -0.15) is 0 Å². The molecule has 0 radical (unpaired) electrons. The van der Waals surface area contributed by atoms with Crippen LogP contribution >= 0.6 is 0 Å². The van der Waals surface area contributed by atoms with Crippen molar-refractivity contribution in [3.63, 3.8) is 0 Å². The minimum absolute atomic E-state index is 0.425.